The third kappa shape index (κ3) is 9.21. The summed E-state index contributed by atoms with van der Waals surface area (Å²) in [6.07, 6.45) is 0.713. The van der Waals surface area contributed by atoms with E-state index in [4.69, 9.17) is 13.0 Å². The van der Waals surface area contributed by atoms with Crippen LogP contribution in [-0.4, -0.2) is 37.8 Å². The molecular formula is C16H32O4Si3. The van der Waals surface area contributed by atoms with Gasteiger partial charge in [0.15, 0.2) is 16.6 Å². The highest BCUT2D eigenvalue weighted by atomic mass is 28.5. The number of carbonyl (C=O) groups is 1. The normalized spacial score (nSPS) is 12.6. The number of hydrogen-bond donors (Lipinski definition) is 0. The van der Waals surface area contributed by atoms with Crippen LogP contribution in [0.2, 0.25) is 38.8 Å². The van der Waals surface area contributed by atoms with Crippen LogP contribution < -0.4 is 0 Å². The van der Waals surface area contributed by atoms with E-state index in [0.717, 1.165) is 6.04 Å². The summed E-state index contributed by atoms with van der Waals surface area (Å²) in [6.45, 7) is 23.9. The van der Waals surface area contributed by atoms with Crippen LogP contribution in [-0.2, 0) is 17.8 Å². The first-order valence-electron chi connectivity index (χ1n) is 7.86. The van der Waals surface area contributed by atoms with E-state index >= 15 is 0 Å². The van der Waals surface area contributed by atoms with Crippen LogP contribution >= 0.6 is 0 Å². The van der Waals surface area contributed by atoms with E-state index < -0.39 is 25.2 Å². The minimum Gasteiger partial charge on any atom is -0.462 e. The lowest BCUT2D eigenvalue weighted by molar-refractivity contribution is -0.138. The Balaban J connectivity index is 4.85. The van der Waals surface area contributed by atoms with Crippen LogP contribution in [0.1, 0.15) is 13.3 Å². The Morgan fingerprint density at radius 2 is 1.43 bits per heavy atom. The molecule has 0 saturated heterocycles. The predicted octanol–water partition coefficient (Wildman–Crippen LogP) is 4.46. The summed E-state index contributed by atoms with van der Waals surface area (Å²) in [5, 5.41) is 0. The zero-order valence-electron chi connectivity index (χ0n) is 15.5. The van der Waals surface area contributed by atoms with Gasteiger partial charge < -0.3 is 13.0 Å². The van der Waals surface area contributed by atoms with Gasteiger partial charge in [-0.05, 0) is 52.1 Å². The van der Waals surface area contributed by atoms with Crippen LogP contribution in [0.15, 0.2) is 36.7 Å². The van der Waals surface area contributed by atoms with Crippen molar-refractivity contribution in [3.63, 3.8) is 0 Å². The predicted molar refractivity (Wildman–Crippen MR) is 104 cm³/mol. The van der Waals surface area contributed by atoms with Crippen molar-refractivity contribution < 1.29 is 17.8 Å². The fraction of sp³-hybridized carbons (Fsp3) is 0.562. The number of carbonyl (C=O) groups excluding carboxylic acids is 1. The van der Waals surface area contributed by atoms with Gasteiger partial charge in [-0.3, -0.25) is 0 Å². The second-order valence-electron chi connectivity index (χ2n) is 6.97. The lowest BCUT2D eigenvalue weighted by Gasteiger charge is -2.38. The molecule has 0 N–H and O–H groups in total. The molecule has 0 aliphatic heterocycles. The van der Waals surface area contributed by atoms with Gasteiger partial charge in [0.05, 0.1) is 6.61 Å². The number of hydrogen-bond acceptors (Lipinski definition) is 4. The molecule has 23 heavy (non-hydrogen) atoms. The fourth-order valence-corrected chi connectivity index (χ4v) is 13.7. The maximum Gasteiger partial charge on any atom is 0.333 e. The smallest absolute Gasteiger partial charge is 0.333 e. The van der Waals surface area contributed by atoms with Gasteiger partial charge in [-0.25, -0.2) is 4.79 Å². The topological polar surface area (TPSA) is 44.8 Å². The Morgan fingerprint density at radius 1 is 1.00 bits per heavy atom. The molecule has 7 heteroatoms. The van der Waals surface area contributed by atoms with Gasteiger partial charge in [0.2, 0.25) is 0 Å². The lowest BCUT2D eigenvalue weighted by atomic mass is 10.4. The Morgan fingerprint density at radius 3 is 1.78 bits per heavy atom. The standard InChI is InChI=1S/C16H32O4Si3/c1-10-21(5,6)19-23(9,20-22(7,8)11-2)14-12-13-18-16(17)15(3)4/h10-11H,1-3,12-14H2,4-9H3. The van der Waals surface area contributed by atoms with E-state index in [1.165, 1.54) is 0 Å². The second kappa shape index (κ2) is 8.93. The van der Waals surface area contributed by atoms with Crippen molar-refractivity contribution in [3.05, 3.63) is 36.7 Å². The highest BCUT2D eigenvalue weighted by molar-refractivity contribution is 6.91. The summed E-state index contributed by atoms with van der Waals surface area (Å²) >= 11 is 0. The first-order valence-corrected chi connectivity index (χ1v) is 16.4. The molecule has 0 aliphatic carbocycles. The van der Waals surface area contributed by atoms with E-state index in [9.17, 15) is 4.79 Å². The molecule has 0 rings (SSSR count). The third-order valence-corrected chi connectivity index (χ3v) is 14.2. The quantitative estimate of drug-likeness (QED) is 0.232. The van der Waals surface area contributed by atoms with Crippen molar-refractivity contribution in [2.24, 2.45) is 0 Å². The third-order valence-electron chi connectivity index (χ3n) is 3.30. The monoisotopic (exact) mass is 372 g/mol. The van der Waals surface area contributed by atoms with E-state index in [1.807, 2.05) is 11.4 Å². The maximum absolute atomic E-state index is 11.4. The summed E-state index contributed by atoms with van der Waals surface area (Å²) in [7, 11) is -6.31. The lowest BCUT2D eigenvalue weighted by Crippen LogP contribution is -2.53. The molecule has 0 spiro atoms. The van der Waals surface area contributed by atoms with Gasteiger partial charge in [0.25, 0.3) is 0 Å². The van der Waals surface area contributed by atoms with Gasteiger partial charge in [-0.2, -0.15) is 0 Å². The van der Waals surface area contributed by atoms with Gasteiger partial charge in [0, 0.05) is 5.57 Å². The van der Waals surface area contributed by atoms with E-state index in [1.54, 1.807) is 6.92 Å². The van der Waals surface area contributed by atoms with Crippen molar-refractivity contribution in [1.82, 2.24) is 0 Å². The fourth-order valence-electron chi connectivity index (χ4n) is 2.00. The van der Waals surface area contributed by atoms with Crippen molar-refractivity contribution in [2.75, 3.05) is 6.61 Å². The molecule has 132 valence electrons. The van der Waals surface area contributed by atoms with Crippen molar-refractivity contribution in [3.8, 4) is 0 Å². The molecule has 0 bridgehead atoms. The molecule has 0 heterocycles. The van der Waals surface area contributed by atoms with E-state index in [0.29, 0.717) is 18.6 Å². The molecule has 0 atom stereocenters. The SMILES string of the molecule is C=C[Si](C)(C)O[Si](C)(CCCOC(=O)C(=C)C)O[Si](C)(C)C=C. The zero-order chi connectivity index (χ0) is 18.3. The second-order valence-corrected chi connectivity index (χ2v) is 18.6. The minimum atomic E-state index is -2.39. The summed E-state index contributed by atoms with van der Waals surface area (Å²) in [5.41, 5.74) is 4.26. The van der Waals surface area contributed by atoms with E-state index in [2.05, 4.69) is 52.5 Å². The average molecular weight is 373 g/mol. The van der Waals surface area contributed by atoms with Crippen molar-refractivity contribution in [2.45, 2.75) is 52.1 Å². The molecule has 0 unspecified atom stereocenters. The van der Waals surface area contributed by atoms with Crippen molar-refractivity contribution in [1.29, 1.82) is 0 Å². The van der Waals surface area contributed by atoms with Gasteiger partial charge in [-0.15, -0.1) is 13.2 Å². The Kier molecular flexibility index (Phi) is 8.64. The molecule has 4 nitrogen and oxygen atoms in total. The van der Waals surface area contributed by atoms with E-state index in [-0.39, 0.29) is 5.97 Å². The molecule has 0 saturated carbocycles. The first kappa shape index (κ1) is 22.3. The van der Waals surface area contributed by atoms with Crippen LogP contribution in [0.5, 0.6) is 0 Å². The minimum absolute atomic E-state index is 0.350. The number of ether oxygens (including phenoxy) is 1. The highest BCUT2D eigenvalue weighted by Gasteiger charge is 2.41. The molecule has 0 aliphatic rings. The van der Waals surface area contributed by atoms with Gasteiger partial charge in [0.1, 0.15) is 0 Å². The molecule has 0 fully saturated rings. The van der Waals surface area contributed by atoms with Crippen LogP contribution in [0, 0.1) is 0 Å². The largest absolute Gasteiger partial charge is 0.462 e. The number of rotatable bonds is 11. The Hall–Kier alpha value is -0.739. The molecular weight excluding hydrogens is 340 g/mol. The summed E-state index contributed by atoms with van der Waals surface area (Å²) in [4.78, 5) is 11.4. The first-order chi connectivity index (χ1) is 10.4. The summed E-state index contributed by atoms with van der Waals surface area (Å²) in [6, 6.07) is 0.769. The number of esters is 1. The van der Waals surface area contributed by atoms with Crippen LogP contribution in [0.4, 0.5) is 0 Å². The molecule has 0 radical (unpaired) electrons. The molecule has 0 aromatic heterocycles. The van der Waals surface area contributed by atoms with Crippen LogP contribution in [0.3, 0.4) is 0 Å². The maximum atomic E-state index is 11.4. The average Bonchev–Trinajstić information content (AvgIpc) is 2.42. The molecule has 0 amide bonds. The summed E-state index contributed by atoms with van der Waals surface area (Å²) in [5.74, 6) is -0.350. The summed E-state index contributed by atoms with van der Waals surface area (Å²) < 4.78 is 18.0. The Bertz CT molecular complexity index is 436. The van der Waals surface area contributed by atoms with Gasteiger partial charge >= 0.3 is 14.5 Å². The zero-order valence-corrected chi connectivity index (χ0v) is 18.5. The molecule has 0 aromatic rings. The van der Waals surface area contributed by atoms with Crippen LogP contribution in [0.25, 0.3) is 0 Å². The van der Waals surface area contributed by atoms with Gasteiger partial charge in [-0.1, -0.05) is 18.0 Å². The Labute approximate surface area is 144 Å². The highest BCUT2D eigenvalue weighted by Crippen LogP contribution is 2.26. The van der Waals surface area contributed by atoms with Crippen molar-refractivity contribution >= 4 is 31.2 Å². The molecule has 0 aromatic carbocycles.